The lowest BCUT2D eigenvalue weighted by Crippen LogP contribution is -2.61. The van der Waals surface area contributed by atoms with Gasteiger partial charge in [-0.1, -0.05) is 43.7 Å². The molecule has 25 heavy (non-hydrogen) atoms. The van der Waals surface area contributed by atoms with Gasteiger partial charge in [-0.05, 0) is 25.0 Å². The third kappa shape index (κ3) is 1.96. The second-order valence-electron chi connectivity index (χ2n) is 7.74. The first kappa shape index (κ1) is 16.2. The highest BCUT2D eigenvalue weighted by Crippen LogP contribution is 2.56. The summed E-state index contributed by atoms with van der Waals surface area (Å²) in [6.45, 7) is 5.42. The van der Waals surface area contributed by atoms with E-state index in [1.165, 1.54) is 11.8 Å². The van der Waals surface area contributed by atoms with Gasteiger partial charge in [-0.2, -0.15) is 0 Å². The van der Waals surface area contributed by atoms with Crippen LogP contribution in [-0.2, 0) is 14.4 Å². The molecule has 2 fully saturated rings. The lowest BCUT2D eigenvalue weighted by molar-refractivity contribution is -0.162. The molecule has 1 saturated carbocycles. The van der Waals surface area contributed by atoms with Gasteiger partial charge in [-0.25, -0.2) is 0 Å². The van der Waals surface area contributed by atoms with Crippen LogP contribution in [0.15, 0.2) is 42.0 Å². The van der Waals surface area contributed by atoms with Gasteiger partial charge < -0.3 is 5.11 Å². The number of nitrogens with zero attached hydrogens (tertiary/aromatic N) is 1. The number of imide groups is 1. The SMILES string of the molecule is CC(C)C1=CC2C3C(=O)N(c4ccccc4)C(=O)C3C1C(=O)C2(C)O. The number of hydrogen-bond donors (Lipinski definition) is 1. The average molecular weight is 339 g/mol. The van der Waals surface area contributed by atoms with Gasteiger partial charge in [-0.3, -0.25) is 19.3 Å². The number of carbonyl (C=O) groups excluding carboxylic acids is 3. The fourth-order valence-corrected chi connectivity index (χ4v) is 4.75. The summed E-state index contributed by atoms with van der Waals surface area (Å²) in [7, 11) is 0. The summed E-state index contributed by atoms with van der Waals surface area (Å²) in [6.07, 6.45) is 1.87. The van der Waals surface area contributed by atoms with E-state index in [1.54, 1.807) is 24.3 Å². The maximum absolute atomic E-state index is 13.1. The van der Waals surface area contributed by atoms with Crippen molar-refractivity contribution in [3.8, 4) is 0 Å². The number of para-hydroxylation sites is 1. The van der Waals surface area contributed by atoms with Crippen molar-refractivity contribution in [3.05, 3.63) is 42.0 Å². The minimum Gasteiger partial charge on any atom is -0.382 e. The number of rotatable bonds is 2. The van der Waals surface area contributed by atoms with E-state index in [2.05, 4.69) is 0 Å². The first-order valence-electron chi connectivity index (χ1n) is 8.68. The normalized spacial score (nSPS) is 36.9. The lowest BCUT2D eigenvalue weighted by atomic mass is 9.52. The van der Waals surface area contributed by atoms with Crippen LogP contribution in [-0.4, -0.2) is 28.3 Å². The van der Waals surface area contributed by atoms with Gasteiger partial charge in [0.25, 0.3) is 0 Å². The second-order valence-corrected chi connectivity index (χ2v) is 7.74. The highest BCUT2D eigenvalue weighted by atomic mass is 16.3. The van der Waals surface area contributed by atoms with Crippen molar-refractivity contribution in [3.63, 3.8) is 0 Å². The fraction of sp³-hybridized carbons (Fsp3) is 0.450. The number of carbonyl (C=O) groups is 3. The van der Waals surface area contributed by atoms with Crippen LogP contribution in [0.25, 0.3) is 0 Å². The van der Waals surface area contributed by atoms with E-state index in [4.69, 9.17) is 0 Å². The predicted molar refractivity (Wildman–Crippen MR) is 91.4 cm³/mol. The first-order valence-corrected chi connectivity index (χ1v) is 8.68. The molecule has 5 atom stereocenters. The van der Waals surface area contributed by atoms with Gasteiger partial charge in [-0.15, -0.1) is 0 Å². The Morgan fingerprint density at radius 2 is 1.64 bits per heavy atom. The molecule has 2 amide bonds. The Morgan fingerprint density at radius 3 is 2.24 bits per heavy atom. The zero-order chi connectivity index (χ0) is 18.1. The Hall–Kier alpha value is -2.27. The number of amides is 2. The van der Waals surface area contributed by atoms with Crippen LogP contribution in [0.3, 0.4) is 0 Å². The van der Waals surface area contributed by atoms with E-state index in [0.717, 1.165) is 5.57 Å². The predicted octanol–water partition coefficient (Wildman–Crippen LogP) is 1.95. The van der Waals surface area contributed by atoms with Gasteiger partial charge in [0.1, 0.15) is 5.60 Å². The molecule has 0 radical (unpaired) electrons. The molecule has 1 aromatic carbocycles. The molecule has 1 aliphatic heterocycles. The first-order chi connectivity index (χ1) is 11.8. The zero-order valence-electron chi connectivity index (χ0n) is 14.5. The second kappa shape index (κ2) is 5.11. The summed E-state index contributed by atoms with van der Waals surface area (Å²) >= 11 is 0. The number of fused-ring (bicyclic) bond motifs is 1. The maximum atomic E-state index is 13.1. The summed E-state index contributed by atoms with van der Waals surface area (Å²) in [5, 5.41) is 10.8. The highest BCUT2D eigenvalue weighted by molar-refractivity contribution is 6.24. The maximum Gasteiger partial charge on any atom is 0.238 e. The van der Waals surface area contributed by atoms with E-state index < -0.39 is 29.3 Å². The minimum absolute atomic E-state index is 0.0853. The highest BCUT2D eigenvalue weighted by Gasteiger charge is 2.68. The van der Waals surface area contributed by atoms with Crippen LogP contribution in [0.1, 0.15) is 20.8 Å². The zero-order valence-corrected chi connectivity index (χ0v) is 14.5. The number of Topliss-reactive ketones (excluding diaryl/α,β-unsaturated/α-hetero) is 1. The van der Waals surface area contributed by atoms with E-state index in [0.29, 0.717) is 5.69 Å². The molecule has 0 spiro atoms. The molecule has 1 saturated heterocycles. The summed E-state index contributed by atoms with van der Waals surface area (Å²) in [5.41, 5.74) is -0.212. The van der Waals surface area contributed by atoms with Crippen molar-refractivity contribution in [2.24, 2.45) is 29.6 Å². The minimum atomic E-state index is -1.60. The summed E-state index contributed by atoms with van der Waals surface area (Å²) in [5.74, 6) is -3.63. The van der Waals surface area contributed by atoms with Crippen molar-refractivity contribution in [1.29, 1.82) is 0 Å². The topological polar surface area (TPSA) is 74.7 Å². The van der Waals surface area contributed by atoms with Crippen molar-refractivity contribution < 1.29 is 19.5 Å². The fourth-order valence-electron chi connectivity index (χ4n) is 4.75. The van der Waals surface area contributed by atoms with E-state index in [-0.39, 0.29) is 23.5 Å². The molecule has 3 aliphatic carbocycles. The van der Waals surface area contributed by atoms with Crippen LogP contribution in [0.5, 0.6) is 0 Å². The monoisotopic (exact) mass is 339 g/mol. The van der Waals surface area contributed by atoms with Crippen molar-refractivity contribution in [2.75, 3.05) is 4.90 Å². The van der Waals surface area contributed by atoms with E-state index in [1.807, 2.05) is 26.0 Å². The quantitative estimate of drug-likeness (QED) is 0.660. The largest absolute Gasteiger partial charge is 0.382 e. The molecule has 1 N–H and O–H groups in total. The Balaban J connectivity index is 1.86. The molecule has 5 rings (SSSR count). The van der Waals surface area contributed by atoms with Crippen LogP contribution in [0, 0.1) is 29.6 Å². The Labute approximate surface area is 146 Å². The molecule has 5 unspecified atom stereocenters. The van der Waals surface area contributed by atoms with Crippen molar-refractivity contribution >= 4 is 23.3 Å². The standard InChI is InChI=1S/C20H21NO4/c1-10(2)12-9-13-15-16(14(12)17(22)20(13,3)25)19(24)21(18(15)23)11-7-5-4-6-8-11/h4-10,13-16,25H,1-3H3. The van der Waals surface area contributed by atoms with E-state index >= 15 is 0 Å². The molecular weight excluding hydrogens is 318 g/mol. The van der Waals surface area contributed by atoms with Crippen LogP contribution < -0.4 is 4.90 Å². The number of anilines is 1. The van der Waals surface area contributed by atoms with Gasteiger partial charge in [0, 0.05) is 5.92 Å². The Kier molecular flexibility index (Phi) is 3.32. The van der Waals surface area contributed by atoms with Crippen LogP contribution in [0.2, 0.25) is 0 Å². The Bertz CT molecular complexity index is 808. The molecule has 1 aromatic rings. The summed E-state index contributed by atoms with van der Waals surface area (Å²) in [4.78, 5) is 40.3. The van der Waals surface area contributed by atoms with Crippen LogP contribution in [0.4, 0.5) is 5.69 Å². The number of allylic oxidation sites excluding steroid dienone is 1. The number of ketones is 1. The molecule has 4 aliphatic rings. The summed E-state index contributed by atoms with van der Waals surface area (Å²) < 4.78 is 0. The molecule has 5 nitrogen and oxygen atoms in total. The van der Waals surface area contributed by atoms with Crippen LogP contribution >= 0.6 is 0 Å². The number of hydrogen-bond acceptors (Lipinski definition) is 4. The van der Waals surface area contributed by atoms with Gasteiger partial charge in [0.15, 0.2) is 5.78 Å². The van der Waals surface area contributed by atoms with Crippen molar-refractivity contribution in [1.82, 2.24) is 0 Å². The molecular formula is C20H21NO4. The summed E-state index contributed by atoms with van der Waals surface area (Å²) in [6, 6.07) is 8.78. The van der Waals surface area contributed by atoms with Gasteiger partial charge >= 0.3 is 0 Å². The van der Waals surface area contributed by atoms with Gasteiger partial charge in [0.2, 0.25) is 11.8 Å². The molecule has 2 bridgehead atoms. The molecule has 0 aromatic heterocycles. The van der Waals surface area contributed by atoms with Crippen molar-refractivity contribution in [2.45, 2.75) is 26.4 Å². The van der Waals surface area contributed by atoms with E-state index in [9.17, 15) is 19.5 Å². The van der Waals surface area contributed by atoms with Gasteiger partial charge in [0.05, 0.1) is 23.4 Å². The number of aliphatic hydroxyl groups is 1. The molecule has 130 valence electrons. The average Bonchev–Trinajstić information content (AvgIpc) is 2.84. The smallest absolute Gasteiger partial charge is 0.238 e. The molecule has 5 heteroatoms. The third-order valence-corrected chi connectivity index (χ3v) is 5.99. The Morgan fingerprint density at radius 1 is 1.04 bits per heavy atom. The number of benzene rings is 1. The lowest BCUT2D eigenvalue weighted by Gasteiger charge is -2.49. The third-order valence-electron chi connectivity index (χ3n) is 5.99. The molecule has 1 heterocycles.